The van der Waals surface area contributed by atoms with E-state index in [0.717, 1.165) is 0 Å². The molecule has 2 aromatic rings. The van der Waals surface area contributed by atoms with Crippen LogP contribution in [0.3, 0.4) is 0 Å². The molecule has 9 heteroatoms. The van der Waals surface area contributed by atoms with Gasteiger partial charge in [-0.05, 0) is 20.8 Å². The van der Waals surface area contributed by atoms with E-state index in [9.17, 15) is 14.7 Å². The van der Waals surface area contributed by atoms with E-state index in [-0.39, 0.29) is 11.4 Å². The molecule has 0 atom stereocenters. The van der Waals surface area contributed by atoms with Crippen LogP contribution in [0.1, 0.15) is 17.3 Å². The molecule has 0 spiro atoms. The molecule has 9 nitrogen and oxygen atoms in total. The highest BCUT2D eigenvalue weighted by molar-refractivity contribution is 5.45. The zero-order chi connectivity index (χ0) is 16.6. The Morgan fingerprint density at radius 3 is 2.09 bits per heavy atom. The van der Waals surface area contributed by atoms with Crippen molar-refractivity contribution in [3.05, 3.63) is 38.1 Å². The minimum absolute atomic E-state index is 0.00938. The smallest absolute Gasteiger partial charge is 0.300 e. The van der Waals surface area contributed by atoms with Crippen molar-refractivity contribution in [3.8, 4) is 5.88 Å². The van der Waals surface area contributed by atoms with Gasteiger partial charge in [0.1, 0.15) is 11.6 Å². The summed E-state index contributed by atoms with van der Waals surface area (Å²) >= 11 is 0. The molecular weight excluding hydrogens is 288 g/mol. The third kappa shape index (κ3) is 2.52. The number of hydrogen-bond donors (Lipinski definition) is 1. The van der Waals surface area contributed by atoms with Crippen LogP contribution in [-0.2, 0) is 14.1 Å². The predicted molar refractivity (Wildman–Crippen MR) is 79.0 cm³/mol. The first kappa shape index (κ1) is 15.5. The summed E-state index contributed by atoms with van der Waals surface area (Å²) in [6, 6.07) is 0. The second kappa shape index (κ2) is 5.51. The van der Waals surface area contributed by atoms with Crippen LogP contribution in [-0.4, -0.2) is 24.2 Å². The lowest BCUT2D eigenvalue weighted by Gasteiger charge is -2.08. The summed E-state index contributed by atoms with van der Waals surface area (Å²) in [6.07, 6.45) is 0. The maximum Gasteiger partial charge on any atom is 0.300 e. The lowest BCUT2D eigenvalue weighted by atomic mass is 10.3. The van der Waals surface area contributed by atoms with Crippen molar-refractivity contribution in [2.75, 3.05) is 0 Å². The number of aromatic hydroxyl groups is 1. The van der Waals surface area contributed by atoms with Crippen molar-refractivity contribution in [2.24, 2.45) is 24.3 Å². The summed E-state index contributed by atoms with van der Waals surface area (Å²) in [5.74, 6) is 0.349. The van der Waals surface area contributed by atoms with E-state index in [1.54, 1.807) is 32.4 Å². The Labute approximate surface area is 125 Å². The molecule has 0 aliphatic rings. The van der Waals surface area contributed by atoms with E-state index < -0.39 is 17.0 Å². The van der Waals surface area contributed by atoms with Crippen LogP contribution < -0.4 is 11.1 Å². The Balaban J connectivity index is 2.61. The summed E-state index contributed by atoms with van der Waals surface area (Å²) in [5.41, 5.74) is -0.862. The normalized spacial score (nSPS) is 11.3. The topological polar surface area (TPSA) is 115 Å². The molecule has 0 aliphatic heterocycles. The Morgan fingerprint density at radius 1 is 0.909 bits per heavy atom. The van der Waals surface area contributed by atoms with Gasteiger partial charge >= 0.3 is 5.56 Å². The molecular formula is C13H16N6O3. The lowest BCUT2D eigenvalue weighted by Crippen LogP contribution is -2.20. The monoisotopic (exact) mass is 304 g/mol. The van der Waals surface area contributed by atoms with Crippen molar-refractivity contribution in [3.63, 3.8) is 0 Å². The number of aromatic nitrogens is 4. The van der Waals surface area contributed by atoms with E-state index >= 15 is 0 Å². The SMILES string of the molecule is Cc1nc(=O)c(N=Nc2c(O)nc(C)n(C)c2=O)c(C)n1C. The highest BCUT2D eigenvalue weighted by Crippen LogP contribution is 2.22. The van der Waals surface area contributed by atoms with E-state index in [1.165, 1.54) is 11.6 Å². The zero-order valence-corrected chi connectivity index (χ0v) is 12.9. The first-order valence-corrected chi connectivity index (χ1v) is 6.46. The minimum Gasteiger partial charge on any atom is -0.492 e. The molecule has 2 rings (SSSR count). The second-order valence-electron chi connectivity index (χ2n) is 4.85. The largest absolute Gasteiger partial charge is 0.492 e. The molecule has 0 radical (unpaired) electrons. The summed E-state index contributed by atoms with van der Waals surface area (Å²) < 4.78 is 2.91. The van der Waals surface area contributed by atoms with Gasteiger partial charge in [-0.2, -0.15) is 9.97 Å². The Kier molecular flexibility index (Phi) is 3.89. The van der Waals surface area contributed by atoms with Crippen molar-refractivity contribution < 1.29 is 5.11 Å². The molecule has 2 heterocycles. The van der Waals surface area contributed by atoms with Crippen molar-refractivity contribution >= 4 is 11.4 Å². The molecule has 22 heavy (non-hydrogen) atoms. The molecule has 1 N–H and O–H groups in total. The summed E-state index contributed by atoms with van der Waals surface area (Å²) in [5, 5.41) is 17.2. The molecule has 0 aromatic carbocycles. The molecule has 0 amide bonds. The summed E-state index contributed by atoms with van der Waals surface area (Å²) in [6.45, 7) is 4.96. The Bertz CT molecular complexity index is 890. The van der Waals surface area contributed by atoms with Crippen molar-refractivity contribution in [1.29, 1.82) is 0 Å². The fourth-order valence-corrected chi connectivity index (χ4v) is 1.82. The maximum atomic E-state index is 12.0. The summed E-state index contributed by atoms with van der Waals surface area (Å²) in [7, 11) is 3.24. The number of azo groups is 1. The number of rotatable bonds is 2. The molecule has 2 aromatic heterocycles. The van der Waals surface area contributed by atoms with Crippen LogP contribution in [0.2, 0.25) is 0 Å². The van der Waals surface area contributed by atoms with Crippen LogP contribution in [0.25, 0.3) is 0 Å². The van der Waals surface area contributed by atoms with Gasteiger partial charge in [0.15, 0.2) is 5.69 Å². The average Bonchev–Trinajstić information content (AvgIpc) is 2.45. The van der Waals surface area contributed by atoms with Gasteiger partial charge < -0.3 is 9.67 Å². The Hall–Kier alpha value is -2.84. The van der Waals surface area contributed by atoms with Gasteiger partial charge in [0.2, 0.25) is 11.6 Å². The minimum atomic E-state index is -0.553. The van der Waals surface area contributed by atoms with Gasteiger partial charge in [-0.3, -0.25) is 14.2 Å². The van der Waals surface area contributed by atoms with Crippen molar-refractivity contribution in [2.45, 2.75) is 20.8 Å². The molecule has 0 unspecified atom stereocenters. The van der Waals surface area contributed by atoms with Gasteiger partial charge in [0.25, 0.3) is 5.56 Å². The van der Waals surface area contributed by atoms with Crippen LogP contribution in [0.4, 0.5) is 11.4 Å². The van der Waals surface area contributed by atoms with E-state index in [2.05, 4.69) is 20.2 Å². The maximum absolute atomic E-state index is 12.0. The number of hydrogen-bond acceptors (Lipinski definition) is 7. The van der Waals surface area contributed by atoms with Gasteiger partial charge in [-0.1, -0.05) is 0 Å². The molecule has 0 aliphatic carbocycles. The van der Waals surface area contributed by atoms with Gasteiger partial charge in [-0.25, -0.2) is 0 Å². The van der Waals surface area contributed by atoms with Crippen LogP contribution in [0, 0.1) is 20.8 Å². The number of aryl methyl sites for hydroxylation is 2. The third-order valence-corrected chi connectivity index (χ3v) is 3.52. The second-order valence-corrected chi connectivity index (χ2v) is 4.85. The first-order valence-electron chi connectivity index (χ1n) is 6.46. The van der Waals surface area contributed by atoms with Crippen LogP contribution in [0.5, 0.6) is 5.88 Å². The Morgan fingerprint density at radius 2 is 1.45 bits per heavy atom. The quantitative estimate of drug-likeness (QED) is 0.828. The molecule has 0 saturated heterocycles. The van der Waals surface area contributed by atoms with Crippen LogP contribution in [0.15, 0.2) is 19.8 Å². The lowest BCUT2D eigenvalue weighted by molar-refractivity contribution is 0.446. The van der Waals surface area contributed by atoms with Crippen LogP contribution >= 0.6 is 0 Å². The summed E-state index contributed by atoms with van der Waals surface area (Å²) in [4.78, 5) is 31.5. The molecule has 0 saturated carbocycles. The van der Waals surface area contributed by atoms with Gasteiger partial charge in [-0.15, -0.1) is 10.2 Å². The molecule has 0 fully saturated rings. The van der Waals surface area contributed by atoms with Gasteiger partial charge in [0.05, 0.1) is 0 Å². The standard InChI is InChI=1S/C13H16N6O3/c1-6-9(11(20)14-7(2)18(6)4)16-17-10-12(21)15-8(3)19(5)13(10)22/h21H,1-5H3. The molecule has 0 bridgehead atoms. The zero-order valence-electron chi connectivity index (χ0n) is 12.9. The predicted octanol–water partition coefficient (Wildman–Crippen LogP) is 0.920. The fraction of sp³-hybridized carbons (Fsp3) is 0.385. The first-order chi connectivity index (χ1) is 10.2. The van der Waals surface area contributed by atoms with E-state index in [1.807, 2.05) is 0 Å². The van der Waals surface area contributed by atoms with Gasteiger partial charge in [0, 0.05) is 19.8 Å². The molecule has 116 valence electrons. The van der Waals surface area contributed by atoms with Crippen molar-refractivity contribution in [1.82, 2.24) is 19.1 Å². The number of nitrogens with zero attached hydrogens (tertiary/aromatic N) is 6. The van der Waals surface area contributed by atoms with E-state index in [0.29, 0.717) is 17.3 Å². The fourth-order valence-electron chi connectivity index (χ4n) is 1.82. The van der Waals surface area contributed by atoms with E-state index in [4.69, 9.17) is 0 Å². The third-order valence-electron chi connectivity index (χ3n) is 3.52. The highest BCUT2D eigenvalue weighted by atomic mass is 16.3. The highest BCUT2D eigenvalue weighted by Gasteiger charge is 2.13. The average molecular weight is 304 g/mol.